The highest BCUT2D eigenvalue weighted by atomic mass is 35.5. The first kappa shape index (κ1) is 10.8. The molecule has 6 nitrogen and oxygen atoms in total. The number of imidazole rings is 1. The van der Waals surface area contributed by atoms with Crippen LogP contribution < -0.4 is 0 Å². The molecule has 0 saturated carbocycles. The quantitative estimate of drug-likeness (QED) is 0.741. The van der Waals surface area contributed by atoms with E-state index in [1.54, 1.807) is 0 Å². The molecule has 0 unspecified atom stereocenters. The molecule has 3 rings (SSSR count). The number of aromatic carboxylic acids is 1. The molecule has 0 radical (unpaired) electrons. The molecule has 0 bridgehead atoms. The number of hydrogen-bond donors (Lipinski definition) is 2. The second-order valence-electron chi connectivity index (χ2n) is 3.64. The van der Waals surface area contributed by atoms with E-state index >= 15 is 0 Å². The van der Waals surface area contributed by atoms with Crippen molar-refractivity contribution < 1.29 is 9.90 Å². The molecule has 0 aliphatic heterocycles. The molecule has 2 heterocycles. The first-order chi connectivity index (χ1) is 8.66. The topological polar surface area (TPSA) is 83.8 Å². The molecule has 1 aromatic carbocycles. The molecule has 7 heteroatoms. The number of nitrogens with zero attached hydrogens (tertiary/aromatic N) is 3. The van der Waals surface area contributed by atoms with Crippen LogP contribution in [0, 0.1) is 0 Å². The van der Waals surface area contributed by atoms with Crippen LogP contribution in [0.1, 0.15) is 10.4 Å². The third-order valence-corrected chi connectivity index (χ3v) is 2.88. The Kier molecular flexibility index (Phi) is 2.31. The second kappa shape index (κ2) is 3.85. The fraction of sp³-hybridized carbons (Fsp3) is 0. The van der Waals surface area contributed by atoms with Gasteiger partial charge in [0.2, 0.25) is 5.95 Å². The summed E-state index contributed by atoms with van der Waals surface area (Å²) in [4.78, 5) is 18.2. The van der Waals surface area contributed by atoms with Crippen molar-refractivity contribution >= 4 is 28.6 Å². The van der Waals surface area contributed by atoms with Gasteiger partial charge in [0.25, 0.3) is 0 Å². The first-order valence-electron chi connectivity index (χ1n) is 5.09. The first-order valence-corrected chi connectivity index (χ1v) is 5.46. The number of carbonyl (C=O) groups is 1. The zero-order chi connectivity index (χ0) is 12.7. The molecule has 18 heavy (non-hydrogen) atoms. The average Bonchev–Trinajstić information content (AvgIpc) is 2.91. The van der Waals surface area contributed by atoms with E-state index in [-0.39, 0.29) is 10.7 Å². The molecule has 0 amide bonds. The number of rotatable bonds is 2. The Labute approximate surface area is 106 Å². The van der Waals surface area contributed by atoms with E-state index in [2.05, 4.69) is 15.1 Å². The molecule has 0 fully saturated rings. The zero-order valence-electron chi connectivity index (χ0n) is 8.96. The summed E-state index contributed by atoms with van der Waals surface area (Å²) in [7, 11) is 0. The number of benzene rings is 1. The Bertz CT molecular complexity index is 713. The Morgan fingerprint density at radius 2 is 2.17 bits per heavy atom. The number of hydrogen-bond acceptors (Lipinski definition) is 3. The van der Waals surface area contributed by atoms with Gasteiger partial charge in [0, 0.05) is 0 Å². The van der Waals surface area contributed by atoms with Gasteiger partial charge in [-0.25, -0.2) is 9.78 Å². The summed E-state index contributed by atoms with van der Waals surface area (Å²) < 4.78 is 1.25. The molecular formula is C11H7ClN4O2. The summed E-state index contributed by atoms with van der Waals surface area (Å²) in [5.74, 6) is -0.740. The zero-order valence-corrected chi connectivity index (χ0v) is 9.72. The van der Waals surface area contributed by atoms with E-state index < -0.39 is 5.97 Å². The van der Waals surface area contributed by atoms with Crippen molar-refractivity contribution in [2.75, 3.05) is 0 Å². The number of halogens is 1. The molecule has 2 N–H and O–H groups in total. The predicted octanol–water partition coefficient (Wildman–Crippen LogP) is 2.10. The third-order valence-electron chi connectivity index (χ3n) is 2.52. The standard InChI is InChI=1S/C11H7ClN4O2/c12-9-6(10(17)18)5-13-16(9)11-14-7-3-1-2-4-8(7)15-11/h1-5H,(H,14,15)(H,17,18). The summed E-state index contributed by atoms with van der Waals surface area (Å²) in [6, 6.07) is 7.43. The van der Waals surface area contributed by atoms with Crippen molar-refractivity contribution in [3.63, 3.8) is 0 Å². The highest BCUT2D eigenvalue weighted by Crippen LogP contribution is 2.20. The summed E-state index contributed by atoms with van der Waals surface area (Å²) in [5.41, 5.74) is 1.53. The van der Waals surface area contributed by atoms with Gasteiger partial charge in [-0.1, -0.05) is 23.7 Å². The molecule has 0 saturated heterocycles. The van der Waals surface area contributed by atoms with Gasteiger partial charge >= 0.3 is 5.97 Å². The maximum Gasteiger partial charge on any atom is 0.340 e. The average molecular weight is 263 g/mol. The van der Waals surface area contributed by atoms with E-state index in [1.807, 2.05) is 24.3 Å². The Balaban J connectivity index is 2.17. The minimum Gasteiger partial charge on any atom is -0.478 e. The van der Waals surface area contributed by atoms with Crippen LogP contribution in [0.5, 0.6) is 0 Å². The van der Waals surface area contributed by atoms with Gasteiger partial charge in [0.05, 0.1) is 17.2 Å². The molecule has 90 valence electrons. The lowest BCUT2D eigenvalue weighted by molar-refractivity contribution is 0.0697. The second-order valence-corrected chi connectivity index (χ2v) is 4.00. The van der Waals surface area contributed by atoms with Crippen LogP contribution in [0.3, 0.4) is 0 Å². The third kappa shape index (κ3) is 1.54. The normalized spacial score (nSPS) is 10.9. The monoisotopic (exact) mass is 262 g/mol. The Morgan fingerprint density at radius 3 is 2.83 bits per heavy atom. The molecule has 0 aliphatic carbocycles. The SMILES string of the molecule is O=C(O)c1cnn(-c2nc3ccccc3[nH]2)c1Cl. The smallest absolute Gasteiger partial charge is 0.340 e. The summed E-state index contributed by atoms with van der Waals surface area (Å²) >= 11 is 5.94. The van der Waals surface area contributed by atoms with Crippen LogP contribution in [0.15, 0.2) is 30.5 Å². The van der Waals surface area contributed by atoms with Crippen LogP contribution in [-0.4, -0.2) is 30.8 Å². The van der Waals surface area contributed by atoms with E-state index in [9.17, 15) is 4.79 Å². The van der Waals surface area contributed by atoms with Crippen LogP contribution >= 0.6 is 11.6 Å². The highest BCUT2D eigenvalue weighted by Gasteiger charge is 2.17. The number of para-hydroxylation sites is 2. The minimum absolute atomic E-state index is 0.0153. The predicted molar refractivity (Wildman–Crippen MR) is 65.2 cm³/mol. The molecule has 0 aliphatic rings. The maximum absolute atomic E-state index is 10.9. The van der Waals surface area contributed by atoms with Crippen molar-refractivity contribution in [2.45, 2.75) is 0 Å². The largest absolute Gasteiger partial charge is 0.478 e. The van der Waals surface area contributed by atoms with Crippen molar-refractivity contribution in [3.05, 3.63) is 41.2 Å². The van der Waals surface area contributed by atoms with E-state index in [0.29, 0.717) is 5.95 Å². The Morgan fingerprint density at radius 1 is 1.39 bits per heavy atom. The van der Waals surface area contributed by atoms with Gasteiger partial charge in [-0.15, -0.1) is 0 Å². The lowest BCUT2D eigenvalue weighted by atomic mass is 10.3. The van der Waals surface area contributed by atoms with Gasteiger partial charge < -0.3 is 10.1 Å². The lowest BCUT2D eigenvalue weighted by Crippen LogP contribution is -2.00. The van der Waals surface area contributed by atoms with Gasteiger partial charge in [-0.05, 0) is 12.1 Å². The van der Waals surface area contributed by atoms with Gasteiger partial charge in [0.15, 0.2) is 5.15 Å². The molecule has 0 spiro atoms. The number of fused-ring (bicyclic) bond motifs is 1. The fourth-order valence-corrected chi connectivity index (χ4v) is 1.92. The maximum atomic E-state index is 10.9. The van der Waals surface area contributed by atoms with Gasteiger partial charge in [0.1, 0.15) is 5.56 Å². The number of carboxylic acid groups (broad SMARTS) is 1. The lowest BCUT2D eigenvalue weighted by Gasteiger charge is -1.96. The Hall–Kier alpha value is -2.34. The number of H-pyrrole nitrogens is 1. The molecule has 0 atom stereocenters. The van der Waals surface area contributed by atoms with Crippen molar-refractivity contribution in [2.24, 2.45) is 0 Å². The minimum atomic E-state index is -1.12. The van der Waals surface area contributed by atoms with Crippen molar-refractivity contribution in [1.29, 1.82) is 0 Å². The molecular weight excluding hydrogens is 256 g/mol. The van der Waals surface area contributed by atoms with Crippen LogP contribution in [0.4, 0.5) is 0 Å². The van der Waals surface area contributed by atoms with Crippen LogP contribution in [-0.2, 0) is 0 Å². The molecule has 2 aromatic heterocycles. The van der Waals surface area contributed by atoms with Crippen molar-refractivity contribution in [1.82, 2.24) is 19.7 Å². The van der Waals surface area contributed by atoms with Gasteiger partial charge in [-0.2, -0.15) is 9.78 Å². The summed E-state index contributed by atoms with van der Waals surface area (Å²) in [5, 5.41) is 12.8. The highest BCUT2D eigenvalue weighted by molar-refractivity contribution is 6.32. The number of aromatic amines is 1. The number of nitrogens with one attached hydrogen (secondary N) is 1. The van der Waals surface area contributed by atoms with Crippen LogP contribution in [0.2, 0.25) is 5.15 Å². The summed E-state index contributed by atoms with van der Waals surface area (Å²) in [6.45, 7) is 0. The molecule has 3 aromatic rings. The summed E-state index contributed by atoms with van der Waals surface area (Å²) in [6.07, 6.45) is 1.19. The van der Waals surface area contributed by atoms with E-state index in [1.165, 1.54) is 10.9 Å². The van der Waals surface area contributed by atoms with Crippen molar-refractivity contribution in [3.8, 4) is 5.95 Å². The number of carboxylic acids is 1. The van der Waals surface area contributed by atoms with Crippen LogP contribution in [0.25, 0.3) is 17.0 Å². The number of aromatic nitrogens is 4. The van der Waals surface area contributed by atoms with Gasteiger partial charge in [-0.3, -0.25) is 0 Å². The van der Waals surface area contributed by atoms with E-state index in [4.69, 9.17) is 16.7 Å². The van der Waals surface area contributed by atoms with E-state index in [0.717, 1.165) is 11.0 Å². The fourth-order valence-electron chi connectivity index (χ4n) is 1.66.